The molecule has 9 heteroatoms. The molecule has 1 unspecified atom stereocenters. The molecule has 1 atom stereocenters. The lowest BCUT2D eigenvalue weighted by molar-refractivity contribution is -0.150. The number of nitrogens with one attached hydrogen (secondary N) is 1. The van der Waals surface area contributed by atoms with Crippen LogP contribution in [-0.2, 0) is 27.0 Å². The van der Waals surface area contributed by atoms with Crippen LogP contribution in [0.15, 0.2) is 6.07 Å². The molecule has 3 rings (SSSR count). The minimum Gasteiger partial charge on any atom is -0.458 e. The van der Waals surface area contributed by atoms with Gasteiger partial charge in [-0.2, -0.15) is 13.2 Å². The van der Waals surface area contributed by atoms with E-state index in [0.717, 1.165) is 18.9 Å². The van der Waals surface area contributed by atoms with Gasteiger partial charge >= 0.3 is 12.1 Å². The molecule has 2 aliphatic rings. The maximum atomic E-state index is 12.8. The van der Waals surface area contributed by atoms with E-state index in [4.69, 9.17) is 4.74 Å². The van der Waals surface area contributed by atoms with Crippen LogP contribution in [0.3, 0.4) is 0 Å². The van der Waals surface area contributed by atoms with Gasteiger partial charge in [-0.25, -0.2) is 9.97 Å². The Hall–Kier alpha value is -2.19. The molecule has 1 aromatic rings. The molecule has 1 aliphatic heterocycles. The van der Waals surface area contributed by atoms with E-state index in [9.17, 15) is 22.8 Å². The smallest absolute Gasteiger partial charge is 0.433 e. The predicted molar refractivity (Wildman–Crippen MR) is 79.0 cm³/mol. The first-order chi connectivity index (χ1) is 11.7. The number of carbonyl (C=O) groups excluding carboxylic acids is 2. The van der Waals surface area contributed by atoms with Gasteiger partial charge in [0.05, 0.1) is 18.9 Å². The topological polar surface area (TPSA) is 81.2 Å². The number of amides is 1. The van der Waals surface area contributed by atoms with Gasteiger partial charge in [0.15, 0.2) is 0 Å². The van der Waals surface area contributed by atoms with Crippen LogP contribution in [-0.4, -0.2) is 27.4 Å². The summed E-state index contributed by atoms with van der Waals surface area (Å²) in [4.78, 5) is 31.5. The molecule has 2 fully saturated rings. The van der Waals surface area contributed by atoms with E-state index in [-0.39, 0.29) is 24.5 Å². The molecular formula is C16H18F3N3O3. The van der Waals surface area contributed by atoms with E-state index in [2.05, 4.69) is 15.3 Å². The Morgan fingerprint density at radius 3 is 2.68 bits per heavy atom. The maximum Gasteiger partial charge on any atom is 0.433 e. The number of ether oxygens (including phenoxy) is 1. The number of esters is 1. The fraction of sp³-hybridized carbons (Fsp3) is 0.625. The van der Waals surface area contributed by atoms with Gasteiger partial charge in [0.25, 0.3) is 0 Å². The van der Waals surface area contributed by atoms with E-state index < -0.39 is 35.3 Å². The number of hydrogen-bond acceptors (Lipinski definition) is 5. The average Bonchev–Trinajstić information content (AvgIpc) is 3.11. The molecule has 1 amide bonds. The van der Waals surface area contributed by atoms with Gasteiger partial charge < -0.3 is 10.1 Å². The van der Waals surface area contributed by atoms with Gasteiger partial charge in [0.1, 0.15) is 17.1 Å². The maximum absolute atomic E-state index is 12.8. The molecule has 1 N–H and O–H groups in total. The highest BCUT2D eigenvalue weighted by atomic mass is 19.4. The van der Waals surface area contributed by atoms with E-state index in [1.807, 2.05) is 0 Å². The van der Waals surface area contributed by atoms with Gasteiger partial charge in [-0.3, -0.25) is 9.59 Å². The zero-order valence-corrected chi connectivity index (χ0v) is 13.7. The molecule has 2 heterocycles. The zero-order chi connectivity index (χ0) is 18.2. The van der Waals surface area contributed by atoms with Crippen molar-refractivity contribution in [2.45, 2.75) is 57.3 Å². The predicted octanol–water partition coefficient (Wildman–Crippen LogP) is 2.30. The van der Waals surface area contributed by atoms with Crippen LogP contribution in [0.2, 0.25) is 0 Å². The summed E-state index contributed by atoms with van der Waals surface area (Å²) in [5, 5.41) is 2.56. The number of aromatic nitrogens is 2. The Morgan fingerprint density at radius 2 is 2.04 bits per heavy atom. The molecule has 0 aromatic carbocycles. The standard InChI is InChI=1S/C16H18F3N3O3/c1-9-6-11(16(17,18)19)22-12(21-9)8-20-14(24)10-7-13(23)25-15(10)4-2-3-5-15/h6,10H,2-5,7-8H2,1H3,(H,20,24). The Labute approximate surface area is 142 Å². The molecule has 0 radical (unpaired) electrons. The lowest BCUT2D eigenvalue weighted by Crippen LogP contribution is -2.42. The first-order valence-corrected chi connectivity index (χ1v) is 8.11. The number of nitrogens with zero attached hydrogens (tertiary/aromatic N) is 2. The number of carbonyl (C=O) groups is 2. The summed E-state index contributed by atoms with van der Waals surface area (Å²) >= 11 is 0. The molecule has 25 heavy (non-hydrogen) atoms. The Bertz CT molecular complexity index is 700. The largest absolute Gasteiger partial charge is 0.458 e. The first kappa shape index (κ1) is 17.6. The monoisotopic (exact) mass is 357 g/mol. The normalized spacial score (nSPS) is 22.2. The highest BCUT2D eigenvalue weighted by Crippen LogP contribution is 2.45. The van der Waals surface area contributed by atoms with Crippen molar-refractivity contribution in [3.8, 4) is 0 Å². The van der Waals surface area contributed by atoms with Crippen molar-refractivity contribution in [3.05, 3.63) is 23.3 Å². The fourth-order valence-electron chi connectivity index (χ4n) is 3.59. The van der Waals surface area contributed by atoms with Crippen LogP contribution >= 0.6 is 0 Å². The van der Waals surface area contributed by atoms with Crippen molar-refractivity contribution in [3.63, 3.8) is 0 Å². The fourth-order valence-corrected chi connectivity index (χ4v) is 3.59. The number of rotatable bonds is 3. The summed E-state index contributed by atoms with van der Waals surface area (Å²) < 4.78 is 43.8. The van der Waals surface area contributed by atoms with Gasteiger partial charge in [-0.1, -0.05) is 0 Å². The van der Waals surface area contributed by atoms with Crippen molar-refractivity contribution < 1.29 is 27.5 Å². The molecule has 1 saturated carbocycles. The van der Waals surface area contributed by atoms with Gasteiger partial charge in [-0.15, -0.1) is 0 Å². The van der Waals surface area contributed by atoms with Gasteiger partial charge in [0, 0.05) is 5.69 Å². The molecule has 1 aromatic heterocycles. The summed E-state index contributed by atoms with van der Waals surface area (Å²) in [6, 6.07) is 0.850. The van der Waals surface area contributed by atoms with Crippen LogP contribution in [0.4, 0.5) is 13.2 Å². The number of aryl methyl sites for hydroxylation is 1. The Morgan fingerprint density at radius 1 is 1.36 bits per heavy atom. The van der Waals surface area contributed by atoms with Crippen molar-refractivity contribution in [1.82, 2.24) is 15.3 Å². The Kier molecular flexibility index (Phi) is 4.42. The summed E-state index contributed by atoms with van der Waals surface area (Å²) in [6.07, 6.45) is -1.55. The summed E-state index contributed by atoms with van der Waals surface area (Å²) in [7, 11) is 0. The zero-order valence-electron chi connectivity index (χ0n) is 13.7. The van der Waals surface area contributed by atoms with Crippen molar-refractivity contribution in [2.24, 2.45) is 5.92 Å². The SMILES string of the molecule is Cc1cc(C(F)(F)F)nc(CNC(=O)C2CC(=O)OC23CCCC3)n1. The highest BCUT2D eigenvalue weighted by molar-refractivity contribution is 5.87. The van der Waals surface area contributed by atoms with Gasteiger partial charge in [0.2, 0.25) is 5.91 Å². The second-order valence-electron chi connectivity index (χ2n) is 6.53. The van der Waals surface area contributed by atoms with E-state index in [1.54, 1.807) is 0 Å². The molecule has 0 bridgehead atoms. The summed E-state index contributed by atoms with van der Waals surface area (Å²) in [5.74, 6) is -1.56. The van der Waals surface area contributed by atoms with Crippen molar-refractivity contribution >= 4 is 11.9 Å². The number of halogens is 3. The van der Waals surface area contributed by atoms with E-state index >= 15 is 0 Å². The third-order valence-corrected chi connectivity index (χ3v) is 4.70. The molecule has 136 valence electrons. The molecule has 1 aliphatic carbocycles. The number of alkyl halides is 3. The summed E-state index contributed by atoms with van der Waals surface area (Å²) in [6.45, 7) is 1.20. The lowest BCUT2D eigenvalue weighted by Gasteiger charge is -2.27. The van der Waals surface area contributed by atoms with Crippen LogP contribution in [0.1, 0.15) is 49.3 Å². The molecule has 1 saturated heterocycles. The van der Waals surface area contributed by atoms with Crippen molar-refractivity contribution in [2.75, 3.05) is 0 Å². The molecular weight excluding hydrogens is 339 g/mol. The van der Waals surface area contributed by atoms with Crippen LogP contribution in [0.25, 0.3) is 0 Å². The minimum atomic E-state index is -4.58. The number of hydrogen-bond donors (Lipinski definition) is 1. The van der Waals surface area contributed by atoms with E-state index in [0.29, 0.717) is 12.8 Å². The van der Waals surface area contributed by atoms with E-state index in [1.165, 1.54) is 6.92 Å². The van der Waals surface area contributed by atoms with Crippen LogP contribution in [0, 0.1) is 12.8 Å². The second kappa shape index (κ2) is 6.27. The molecule has 6 nitrogen and oxygen atoms in total. The lowest BCUT2D eigenvalue weighted by atomic mass is 9.85. The first-order valence-electron chi connectivity index (χ1n) is 8.11. The molecule has 1 spiro atoms. The third-order valence-electron chi connectivity index (χ3n) is 4.70. The quantitative estimate of drug-likeness (QED) is 0.840. The van der Waals surface area contributed by atoms with Crippen LogP contribution in [0.5, 0.6) is 0 Å². The Balaban J connectivity index is 1.70. The average molecular weight is 357 g/mol. The summed E-state index contributed by atoms with van der Waals surface area (Å²) in [5.41, 5.74) is -1.64. The van der Waals surface area contributed by atoms with Crippen LogP contribution < -0.4 is 5.32 Å². The van der Waals surface area contributed by atoms with Crippen molar-refractivity contribution in [1.29, 1.82) is 0 Å². The van der Waals surface area contributed by atoms with Gasteiger partial charge in [-0.05, 0) is 38.7 Å². The minimum absolute atomic E-state index is 0.00565. The third kappa shape index (κ3) is 3.59. The highest BCUT2D eigenvalue weighted by Gasteiger charge is 2.53. The second-order valence-corrected chi connectivity index (χ2v) is 6.53.